The number of anilines is 1. The van der Waals surface area contributed by atoms with Gasteiger partial charge in [-0.15, -0.1) is 0 Å². The van der Waals surface area contributed by atoms with Crippen LogP contribution in [0.4, 0.5) is 10.1 Å². The fraction of sp³-hybridized carbons (Fsp3) is 0.308. The van der Waals surface area contributed by atoms with E-state index in [4.69, 9.17) is 31.8 Å². The standard InChI is InChI=1S/C26H24ClFN4O2/c1-15-6-7-32(12-15)18-10-21-25(30-11-18)34-23-5-2-16(19-9-17(27)3-4-22(19)28)8-20(23)26(21)14-33-13-24(29)31-26/h2-5,8-11,15H,6-7,12-14H2,1H3,(H2,29,31)/t15-,26+/m1/s1. The Hall–Kier alpha value is -3.16. The van der Waals surface area contributed by atoms with Gasteiger partial charge in [0, 0.05) is 29.2 Å². The molecule has 1 aromatic heterocycles. The minimum atomic E-state index is -0.940. The largest absolute Gasteiger partial charge is 0.438 e. The average molecular weight is 479 g/mol. The molecule has 0 radical (unpaired) electrons. The van der Waals surface area contributed by atoms with Gasteiger partial charge in [0.25, 0.3) is 0 Å². The molecule has 2 atom stereocenters. The highest BCUT2D eigenvalue weighted by Gasteiger charge is 2.46. The number of nitrogens with zero attached hydrogens (tertiary/aromatic N) is 3. The van der Waals surface area contributed by atoms with Crippen LogP contribution in [0.25, 0.3) is 11.1 Å². The molecule has 2 aromatic carbocycles. The lowest BCUT2D eigenvalue weighted by atomic mass is 9.80. The van der Waals surface area contributed by atoms with Crippen LogP contribution in [0, 0.1) is 11.7 Å². The molecule has 34 heavy (non-hydrogen) atoms. The highest BCUT2D eigenvalue weighted by Crippen LogP contribution is 2.51. The fourth-order valence-corrected chi connectivity index (χ4v) is 5.30. The number of halogens is 2. The van der Waals surface area contributed by atoms with Crippen molar-refractivity contribution in [3.05, 3.63) is 70.6 Å². The van der Waals surface area contributed by atoms with E-state index in [1.807, 2.05) is 24.4 Å². The van der Waals surface area contributed by atoms with E-state index in [1.165, 1.54) is 12.1 Å². The van der Waals surface area contributed by atoms with Crippen LogP contribution in [0.2, 0.25) is 5.02 Å². The van der Waals surface area contributed by atoms with Crippen LogP contribution in [0.1, 0.15) is 24.5 Å². The van der Waals surface area contributed by atoms with Crippen molar-refractivity contribution < 1.29 is 13.9 Å². The Kier molecular flexibility index (Phi) is 5.00. The molecule has 3 aliphatic heterocycles. The van der Waals surface area contributed by atoms with Crippen LogP contribution >= 0.6 is 11.6 Å². The molecule has 1 spiro atoms. The van der Waals surface area contributed by atoms with Gasteiger partial charge in [-0.25, -0.2) is 9.37 Å². The molecule has 0 unspecified atom stereocenters. The van der Waals surface area contributed by atoms with E-state index in [-0.39, 0.29) is 19.0 Å². The normalized spacial score (nSPS) is 23.3. The summed E-state index contributed by atoms with van der Waals surface area (Å²) in [6.07, 6.45) is 2.99. The number of hydrogen-bond donors (Lipinski definition) is 1. The van der Waals surface area contributed by atoms with E-state index in [2.05, 4.69) is 22.9 Å². The zero-order chi connectivity index (χ0) is 23.4. The van der Waals surface area contributed by atoms with Crippen LogP contribution in [-0.4, -0.2) is 37.1 Å². The minimum absolute atomic E-state index is 0.257. The van der Waals surface area contributed by atoms with Gasteiger partial charge in [-0.2, -0.15) is 0 Å². The van der Waals surface area contributed by atoms with Gasteiger partial charge in [0.1, 0.15) is 29.5 Å². The second-order valence-corrected chi connectivity index (χ2v) is 9.72. The quantitative estimate of drug-likeness (QED) is 0.553. The number of ether oxygens (including phenoxy) is 2. The van der Waals surface area contributed by atoms with Crippen molar-refractivity contribution in [3.63, 3.8) is 0 Å². The van der Waals surface area contributed by atoms with Crippen molar-refractivity contribution in [2.24, 2.45) is 16.6 Å². The van der Waals surface area contributed by atoms with Gasteiger partial charge in [-0.1, -0.05) is 24.6 Å². The number of nitrogens with two attached hydrogens (primary N) is 1. The van der Waals surface area contributed by atoms with Crippen molar-refractivity contribution in [1.82, 2.24) is 4.98 Å². The fourth-order valence-electron chi connectivity index (χ4n) is 5.13. The van der Waals surface area contributed by atoms with E-state index in [9.17, 15) is 4.39 Å². The molecule has 0 saturated carbocycles. The molecule has 2 N–H and O–H groups in total. The topological polar surface area (TPSA) is 73.0 Å². The summed E-state index contributed by atoms with van der Waals surface area (Å²) in [5, 5.41) is 0.461. The predicted molar refractivity (Wildman–Crippen MR) is 130 cm³/mol. The summed E-state index contributed by atoms with van der Waals surface area (Å²) in [7, 11) is 0. The molecule has 0 aliphatic carbocycles. The van der Waals surface area contributed by atoms with Crippen molar-refractivity contribution >= 4 is 23.1 Å². The van der Waals surface area contributed by atoms with Crippen LogP contribution < -0.4 is 15.4 Å². The number of pyridine rings is 1. The van der Waals surface area contributed by atoms with Gasteiger partial charge >= 0.3 is 0 Å². The summed E-state index contributed by atoms with van der Waals surface area (Å²) in [5.74, 6) is 1.74. The maximum atomic E-state index is 14.7. The third-order valence-corrected chi connectivity index (χ3v) is 7.07. The molecule has 6 nitrogen and oxygen atoms in total. The molecule has 0 bridgehead atoms. The summed E-state index contributed by atoms with van der Waals surface area (Å²) in [6, 6.07) is 12.1. The third kappa shape index (κ3) is 3.42. The first kappa shape index (κ1) is 21.4. The highest BCUT2D eigenvalue weighted by molar-refractivity contribution is 6.30. The van der Waals surface area contributed by atoms with Crippen molar-refractivity contribution in [2.45, 2.75) is 18.9 Å². The van der Waals surface area contributed by atoms with E-state index >= 15 is 0 Å². The molecule has 1 saturated heterocycles. The Morgan fingerprint density at radius 2 is 2.06 bits per heavy atom. The second-order valence-electron chi connectivity index (χ2n) is 9.28. The summed E-state index contributed by atoms with van der Waals surface area (Å²) in [4.78, 5) is 11.9. The SMILES string of the molecule is C[C@@H]1CCN(c2cnc3c(c2)[C@]2(COCC(N)=N2)c2cc(-c4cc(Cl)ccc4F)ccc2O3)C1. The first-order chi connectivity index (χ1) is 16.4. The lowest BCUT2D eigenvalue weighted by Gasteiger charge is -2.39. The summed E-state index contributed by atoms with van der Waals surface area (Å²) in [6.45, 7) is 4.74. The monoisotopic (exact) mass is 478 g/mol. The molecule has 8 heteroatoms. The predicted octanol–water partition coefficient (Wildman–Crippen LogP) is 5.12. The Balaban J connectivity index is 1.54. The first-order valence-electron chi connectivity index (χ1n) is 11.4. The molecule has 3 aromatic rings. The van der Waals surface area contributed by atoms with Gasteiger partial charge in [0.2, 0.25) is 5.88 Å². The van der Waals surface area contributed by atoms with Gasteiger partial charge in [0.05, 0.1) is 24.1 Å². The van der Waals surface area contributed by atoms with E-state index in [0.717, 1.165) is 36.3 Å². The zero-order valence-corrected chi connectivity index (χ0v) is 19.5. The Bertz CT molecular complexity index is 1330. The lowest BCUT2D eigenvalue weighted by Crippen LogP contribution is -2.42. The number of aliphatic imine (C=N–C) groups is 1. The summed E-state index contributed by atoms with van der Waals surface area (Å²) >= 11 is 6.17. The number of fused-ring (bicyclic) bond motifs is 4. The summed E-state index contributed by atoms with van der Waals surface area (Å²) in [5.41, 5.74) is 8.91. The Morgan fingerprint density at radius 3 is 2.85 bits per heavy atom. The van der Waals surface area contributed by atoms with Crippen molar-refractivity contribution in [3.8, 4) is 22.8 Å². The van der Waals surface area contributed by atoms with Crippen molar-refractivity contribution in [2.75, 3.05) is 31.2 Å². The van der Waals surface area contributed by atoms with Crippen LogP contribution in [0.15, 0.2) is 53.7 Å². The molecular formula is C26H24ClFN4O2. The average Bonchev–Trinajstić information content (AvgIpc) is 3.27. The molecular weight excluding hydrogens is 455 g/mol. The molecule has 6 rings (SSSR count). The number of amidine groups is 1. The molecule has 3 aliphatic rings. The van der Waals surface area contributed by atoms with E-state index in [1.54, 1.807) is 6.07 Å². The van der Waals surface area contributed by atoms with Gasteiger partial charge in [-0.3, -0.25) is 4.99 Å². The first-order valence-corrected chi connectivity index (χ1v) is 11.8. The Labute approximate surface area is 202 Å². The molecule has 0 amide bonds. The number of benzene rings is 2. The maximum absolute atomic E-state index is 14.7. The summed E-state index contributed by atoms with van der Waals surface area (Å²) < 4.78 is 26.8. The van der Waals surface area contributed by atoms with Crippen molar-refractivity contribution in [1.29, 1.82) is 0 Å². The molecule has 4 heterocycles. The zero-order valence-electron chi connectivity index (χ0n) is 18.7. The highest BCUT2D eigenvalue weighted by atomic mass is 35.5. The molecule has 1 fully saturated rings. The minimum Gasteiger partial charge on any atom is -0.438 e. The van der Waals surface area contributed by atoms with E-state index < -0.39 is 5.54 Å². The second kappa shape index (κ2) is 7.96. The van der Waals surface area contributed by atoms with Gasteiger partial charge in [-0.05, 0) is 54.3 Å². The lowest BCUT2D eigenvalue weighted by molar-refractivity contribution is 0.109. The number of rotatable bonds is 2. The van der Waals surface area contributed by atoms with Crippen LogP contribution in [0.3, 0.4) is 0 Å². The van der Waals surface area contributed by atoms with Crippen LogP contribution in [0.5, 0.6) is 11.6 Å². The maximum Gasteiger partial charge on any atom is 0.225 e. The molecule has 174 valence electrons. The third-order valence-electron chi connectivity index (χ3n) is 6.84. The Morgan fingerprint density at radius 1 is 1.18 bits per heavy atom. The smallest absolute Gasteiger partial charge is 0.225 e. The van der Waals surface area contributed by atoms with Crippen LogP contribution in [-0.2, 0) is 10.3 Å². The van der Waals surface area contributed by atoms with Gasteiger partial charge < -0.3 is 20.1 Å². The van der Waals surface area contributed by atoms with Gasteiger partial charge in [0.15, 0.2) is 0 Å². The number of hydrogen-bond acceptors (Lipinski definition) is 6. The number of aromatic nitrogens is 1. The van der Waals surface area contributed by atoms with E-state index in [0.29, 0.717) is 39.5 Å².